The summed E-state index contributed by atoms with van der Waals surface area (Å²) in [6.07, 6.45) is 0.473. The molecule has 1 aromatic rings. The highest BCUT2D eigenvalue weighted by molar-refractivity contribution is 8.14. The molecule has 0 spiro atoms. The molecule has 1 rings (SSSR count). The van der Waals surface area contributed by atoms with E-state index >= 15 is 0 Å². The van der Waals surface area contributed by atoms with Crippen LogP contribution in [-0.4, -0.2) is 13.7 Å². The Labute approximate surface area is 112 Å². The van der Waals surface area contributed by atoms with E-state index in [4.69, 9.17) is 22.3 Å². The zero-order valence-electron chi connectivity index (χ0n) is 10.1. The smallest absolute Gasteiger partial charge is 0.212 e. The fraction of sp³-hybridized carbons (Fsp3) is 0.500. The molecule has 1 aromatic carbocycles. The first-order chi connectivity index (χ1) is 7.63. The van der Waals surface area contributed by atoms with Gasteiger partial charge in [-0.05, 0) is 36.5 Å². The van der Waals surface area contributed by atoms with Crippen molar-refractivity contribution in [3.05, 3.63) is 34.9 Å². The second-order valence-electron chi connectivity index (χ2n) is 4.88. The lowest BCUT2D eigenvalue weighted by Gasteiger charge is -2.27. The summed E-state index contributed by atoms with van der Waals surface area (Å²) in [5.41, 5.74) is 0.792. The van der Waals surface area contributed by atoms with Crippen LogP contribution in [0.15, 0.2) is 24.3 Å². The van der Waals surface area contributed by atoms with E-state index in [0.717, 1.165) is 5.56 Å². The number of hydrogen-bond acceptors (Lipinski definition) is 2. The van der Waals surface area contributed by atoms with Crippen molar-refractivity contribution < 1.29 is 8.42 Å². The van der Waals surface area contributed by atoms with Crippen molar-refractivity contribution in [2.75, 3.05) is 0 Å². The van der Waals surface area contributed by atoms with Gasteiger partial charge >= 0.3 is 0 Å². The topological polar surface area (TPSA) is 34.1 Å². The normalized spacial score (nSPS) is 14.6. The Kier molecular flexibility index (Phi) is 4.50. The molecule has 0 heterocycles. The van der Waals surface area contributed by atoms with Crippen molar-refractivity contribution in [3.8, 4) is 0 Å². The van der Waals surface area contributed by atoms with Crippen molar-refractivity contribution in [2.45, 2.75) is 37.9 Å². The van der Waals surface area contributed by atoms with E-state index in [1.165, 1.54) is 0 Å². The molecule has 1 unspecified atom stereocenters. The minimum atomic E-state index is -3.51. The van der Waals surface area contributed by atoms with E-state index < -0.39 is 14.3 Å². The molecule has 2 nitrogen and oxygen atoms in total. The molecule has 0 radical (unpaired) electrons. The number of halogens is 2. The lowest BCUT2D eigenvalue weighted by atomic mass is 9.81. The highest BCUT2D eigenvalue weighted by Crippen LogP contribution is 2.31. The second-order valence-corrected chi connectivity index (χ2v) is 8.36. The molecular weight excluding hydrogens is 279 g/mol. The van der Waals surface area contributed by atoms with Gasteiger partial charge in [0.05, 0.1) is 5.25 Å². The molecule has 0 fully saturated rings. The number of hydrogen-bond donors (Lipinski definition) is 0. The van der Waals surface area contributed by atoms with Crippen molar-refractivity contribution in [1.82, 2.24) is 0 Å². The van der Waals surface area contributed by atoms with E-state index in [-0.39, 0.29) is 5.41 Å². The summed E-state index contributed by atoms with van der Waals surface area (Å²) in [5, 5.41) is 0.0948. The fourth-order valence-electron chi connectivity index (χ4n) is 1.84. The maximum absolute atomic E-state index is 11.2. The summed E-state index contributed by atoms with van der Waals surface area (Å²) in [7, 11) is 1.85. The molecule has 0 bridgehead atoms. The highest BCUT2D eigenvalue weighted by Gasteiger charge is 2.28. The third-order valence-electron chi connectivity index (χ3n) is 2.90. The number of benzene rings is 1. The van der Waals surface area contributed by atoms with Gasteiger partial charge in [0.25, 0.3) is 0 Å². The first-order valence-electron chi connectivity index (χ1n) is 5.32. The molecule has 0 aliphatic heterocycles. The van der Waals surface area contributed by atoms with E-state index in [1.54, 1.807) is 19.1 Å². The van der Waals surface area contributed by atoms with Gasteiger partial charge in [-0.3, -0.25) is 0 Å². The van der Waals surface area contributed by atoms with Crippen LogP contribution in [0.4, 0.5) is 0 Å². The van der Waals surface area contributed by atoms with Gasteiger partial charge < -0.3 is 0 Å². The second kappa shape index (κ2) is 5.17. The lowest BCUT2D eigenvalue weighted by molar-refractivity contribution is 0.467. The third kappa shape index (κ3) is 4.16. The van der Waals surface area contributed by atoms with Crippen LogP contribution < -0.4 is 0 Å². The molecule has 1 atom stereocenters. The molecular formula is C12H16Cl2O2S. The van der Waals surface area contributed by atoms with Gasteiger partial charge in [0.2, 0.25) is 9.05 Å². The molecule has 0 aromatic heterocycles. The van der Waals surface area contributed by atoms with E-state index in [9.17, 15) is 8.42 Å². The van der Waals surface area contributed by atoms with Gasteiger partial charge in [-0.1, -0.05) is 37.6 Å². The van der Waals surface area contributed by atoms with Crippen molar-refractivity contribution in [2.24, 2.45) is 0 Å². The van der Waals surface area contributed by atoms with Crippen molar-refractivity contribution in [3.63, 3.8) is 0 Å². The van der Waals surface area contributed by atoms with E-state index in [2.05, 4.69) is 0 Å². The lowest BCUT2D eigenvalue weighted by Crippen LogP contribution is -2.26. The monoisotopic (exact) mass is 294 g/mol. The summed E-state index contributed by atoms with van der Waals surface area (Å²) in [6.45, 7) is 5.61. The van der Waals surface area contributed by atoms with Crippen LogP contribution in [0.5, 0.6) is 0 Å². The molecule has 0 amide bonds. The maximum atomic E-state index is 11.2. The summed E-state index contributed by atoms with van der Waals surface area (Å²) >= 11 is 5.82. The van der Waals surface area contributed by atoms with Gasteiger partial charge in [-0.25, -0.2) is 8.42 Å². The zero-order valence-corrected chi connectivity index (χ0v) is 12.4. The van der Waals surface area contributed by atoms with Gasteiger partial charge in [0.15, 0.2) is 0 Å². The summed E-state index contributed by atoms with van der Waals surface area (Å²) in [6, 6.07) is 7.43. The molecule has 0 saturated heterocycles. The minimum Gasteiger partial charge on any atom is -0.212 e. The first-order valence-corrected chi connectivity index (χ1v) is 8.07. The average molecular weight is 295 g/mol. The quantitative estimate of drug-likeness (QED) is 0.788. The molecule has 0 saturated carbocycles. The molecule has 0 N–H and O–H groups in total. The summed E-state index contributed by atoms with van der Waals surface area (Å²) < 4.78 is 22.5. The average Bonchev–Trinajstić information content (AvgIpc) is 2.16. The van der Waals surface area contributed by atoms with Gasteiger partial charge in [0, 0.05) is 15.7 Å². The Hall–Kier alpha value is -0.250. The van der Waals surface area contributed by atoms with Gasteiger partial charge in [-0.2, -0.15) is 0 Å². The van der Waals surface area contributed by atoms with E-state index in [0.29, 0.717) is 11.4 Å². The standard InChI is InChI=1S/C12H16Cl2O2S/c1-9(17(14,15)16)8-12(2,3)10-4-6-11(13)7-5-10/h4-7,9H,8H2,1-3H3. The fourth-order valence-corrected chi connectivity index (χ4v) is 2.77. The first kappa shape index (κ1) is 14.8. The number of rotatable bonds is 4. The largest absolute Gasteiger partial charge is 0.235 e. The summed E-state index contributed by atoms with van der Waals surface area (Å²) in [4.78, 5) is 0. The van der Waals surface area contributed by atoms with Crippen LogP contribution in [0.2, 0.25) is 5.02 Å². The van der Waals surface area contributed by atoms with Crippen LogP contribution in [0, 0.1) is 0 Å². The molecule has 96 valence electrons. The van der Waals surface area contributed by atoms with Gasteiger partial charge in [-0.15, -0.1) is 0 Å². The molecule has 5 heteroatoms. The van der Waals surface area contributed by atoms with Crippen LogP contribution >= 0.6 is 22.3 Å². The van der Waals surface area contributed by atoms with E-state index in [1.807, 2.05) is 26.0 Å². The Morgan fingerprint density at radius 2 is 1.71 bits per heavy atom. The van der Waals surface area contributed by atoms with Crippen LogP contribution in [0.3, 0.4) is 0 Å². The molecule has 17 heavy (non-hydrogen) atoms. The Morgan fingerprint density at radius 1 is 1.24 bits per heavy atom. The minimum absolute atomic E-state index is 0.258. The Balaban J connectivity index is 2.92. The Morgan fingerprint density at radius 3 is 2.12 bits per heavy atom. The maximum Gasteiger partial charge on any atom is 0.235 e. The van der Waals surface area contributed by atoms with Gasteiger partial charge in [0.1, 0.15) is 0 Å². The Bertz CT molecular complexity index is 478. The van der Waals surface area contributed by atoms with Crippen molar-refractivity contribution >= 4 is 31.3 Å². The molecule has 0 aliphatic carbocycles. The van der Waals surface area contributed by atoms with Crippen LogP contribution in [-0.2, 0) is 14.5 Å². The highest BCUT2D eigenvalue weighted by atomic mass is 35.7. The summed E-state index contributed by atoms with van der Waals surface area (Å²) in [5.74, 6) is 0. The molecule has 0 aliphatic rings. The zero-order chi connectivity index (χ0) is 13.3. The predicted octanol–water partition coefficient (Wildman–Crippen LogP) is 3.96. The van der Waals surface area contributed by atoms with Crippen LogP contribution in [0.1, 0.15) is 32.8 Å². The third-order valence-corrected chi connectivity index (χ3v) is 5.20. The van der Waals surface area contributed by atoms with Crippen LogP contribution in [0.25, 0.3) is 0 Å². The SMILES string of the molecule is CC(CC(C)(C)c1ccc(Cl)cc1)S(=O)(=O)Cl. The predicted molar refractivity (Wildman–Crippen MR) is 73.3 cm³/mol. The van der Waals surface area contributed by atoms with Crippen molar-refractivity contribution in [1.29, 1.82) is 0 Å².